The first-order valence-electron chi connectivity index (χ1n) is 7.05. The van der Waals surface area contributed by atoms with Gasteiger partial charge in [0, 0.05) is 17.3 Å². The Labute approximate surface area is 136 Å². The second-order valence-corrected chi connectivity index (χ2v) is 6.84. The highest BCUT2D eigenvalue weighted by Gasteiger charge is 2.35. The van der Waals surface area contributed by atoms with Crippen LogP contribution in [-0.2, 0) is 11.9 Å². The second-order valence-electron chi connectivity index (χ2n) is 5.56. The molecule has 2 aromatic rings. The molecular weight excluding hydrogens is 325 g/mol. The molecule has 1 aromatic carbocycles. The maximum Gasteiger partial charge on any atom is 0.417 e. The summed E-state index contributed by atoms with van der Waals surface area (Å²) in [6.07, 6.45) is -2.99. The number of thioether (sulfide) groups is 1. The Morgan fingerprint density at radius 2 is 2.00 bits per heavy atom. The van der Waals surface area contributed by atoms with Crippen molar-refractivity contribution in [2.45, 2.75) is 32.7 Å². The van der Waals surface area contributed by atoms with Crippen LogP contribution in [0.5, 0.6) is 0 Å². The van der Waals surface area contributed by atoms with Gasteiger partial charge in [0.2, 0.25) is 0 Å². The number of nitrogens with zero attached hydrogens (tertiary/aromatic N) is 2. The van der Waals surface area contributed by atoms with Gasteiger partial charge >= 0.3 is 6.18 Å². The van der Waals surface area contributed by atoms with Crippen molar-refractivity contribution in [3.05, 3.63) is 35.0 Å². The molecule has 124 valence electrons. The Hall–Kier alpha value is -1.65. The van der Waals surface area contributed by atoms with Crippen molar-refractivity contribution in [2.24, 2.45) is 0 Å². The number of aromatic nitrogens is 1. The van der Waals surface area contributed by atoms with Crippen molar-refractivity contribution in [1.29, 1.82) is 5.26 Å². The van der Waals surface area contributed by atoms with Crippen molar-refractivity contribution in [3.8, 4) is 6.07 Å². The molecule has 0 amide bonds. The van der Waals surface area contributed by atoms with Crippen molar-refractivity contribution in [2.75, 3.05) is 11.5 Å². The van der Waals surface area contributed by atoms with Gasteiger partial charge in [0.25, 0.3) is 0 Å². The van der Waals surface area contributed by atoms with Gasteiger partial charge in [0.05, 0.1) is 22.7 Å². The van der Waals surface area contributed by atoms with E-state index in [1.165, 1.54) is 22.4 Å². The van der Waals surface area contributed by atoms with Gasteiger partial charge in [-0.1, -0.05) is 6.92 Å². The number of fused-ring (bicyclic) bond motifs is 1. The molecule has 23 heavy (non-hydrogen) atoms. The summed E-state index contributed by atoms with van der Waals surface area (Å²) in [5.74, 6) is 1.15. The molecule has 0 saturated carbocycles. The fourth-order valence-corrected chi connectivity index (χ4v) is 3.26. The first-order chi connectivity index (χ1) is 10.6. The van der Waals surface area contributed by atoms with E-state index in [-0.39, 0.29) is 5.52 Å². The Bertz CT molecular complexity index is 772. The summed E-state index contributed by atoms with van der Waals surface area (Å²) in [5, 5.41) is 20.2. The summed E-state index contributed by atoms with van der Waals surface area (Å²) in [5.41, 5.74) is -1.72. The van der Waals surface area contributed by atoms with Crippen LogP contribution in [0.3, 0.4) is 0 Å². The highest BCUT2D eigenvalue weighted by atomic mass is 32.2. The van der Waals surface area contributed by atoms with Crippen LogP contribution >= 0.6 is 11.8 Å². The van der Waals surface area contributed by atoms with Crippen LogP contribution in [-0.4, -0.2) is 21.2 Å². The molecule has 1 aromatic heterocycles. The van der Waals surface area contributed by atoms with Gasteiger partial charge in [-0.3, -0.25) is 0 Å². The lowest BCUT2D eigenvalue weighted by molar-refractivity contribution is -0.137. The zero-order valence-electron chi connectivity index (χ0n) is 13.0. The SMILES string of the molecule is CCSCC(C)(O)n1cc(C)c2cc(C#N)c(C(F)(F)F)cc21. The topological polar surface area (TPSA) is 49.0 Å². The van der Waals surface area contributed by atoms with Crippen molar-refractivity contribution in [3.63, 3.8) is 0 Å². The first-order valence-corrected chi connectivity index (χ1v) is 8.21. The Morgan fingerprint density at radius 3 is 2.52 bits per heavy atom. The molecule has 1 atom stereocenters. The number of aliphatic hydroxyl groups is 1. The van der Waals surface area contributed by atoms with Gasteiger partial charge < -0.3 is 9.67 Å². The van der Waals surface area contributed by atoms with Crippen LogP contribution < -0.4 is 0 Å². The van der Waals surface area contributed by atoms with Crippen LogP contribution in [0, 0.1) is 18.3 Å². The molecule has 1 unspecified atom stereocenters. The van der Waals surface area contributed by atoms with Crippen molar-refractivity contribution >= 4 is 22.7 Å². The molecular formula is C16H17F3N2OS. The molecule has 0 aliphatic heterocycles. The van der Waals surface area contributed by atoms with Gasteiger partial charge in [-0.25, -0.2) is 0 Å². The number of rotatable bonds is 4. The zero-order chi connectivity index (χ0) is 17.4. The molecule has 1 heterocycles. The summed E-state index contributed by atoms with van der Waals surface area (Å²) in [4.78, 5) is 0. The Balaban J connectivity index is 2.72. The molecule has 2 rings (SSSR count). The second kappa shape index (κ2) is 6.10. The molecule has 0 saturated heterocycles. The van der Waals surface area contributed by atoms with Crippen molar-refractivity contribution < 1.29 is 18.3 Å². The summed E-state index contributed by atoms with van der Waals surface area (Å²) in [7, 11) is 0. The molecule has 0 spiro atoms. The third kappa shape index (κ3) is 3.33. The lowest BCUT2D eigenvalue weighted by atomic mass is 10.0. The average Bonchev–Trinajstić information content (AvgIpc) is 2.80. The fraction of sp³-hybridized carbons (Fsp3) is 0.438. The molecule has 0 aliphatic rings. The predicted octanol–water partition coefficient (Wildman–Crippen LogP) is 4.26. The Kier molecular flexibility index (Phi) is 4.69. The van der Waals surface area contributed by atoms with Gasteiger partial charge in [-0.05, 0) is 37.3 Å². The van der Waals surface area contributed by atoms with E-state index in [2.05, 4.69) is 0 Å². The van der Waals surface area contributed by atoms with E-state index in [4.69, 9.17) is 5.26 Å². The van der Waals surface area contributed by atoms with E-state index in [0.29, 0.717) is 16.7 Å². The summed E-state index contributed by atoms with van der Waals surface area (Å²) >= 11 is 1.50. The number of halogens is 3. The maximum atomic E-state index is 13.2. The Morgan fingerprint density at radius 1 is 1.35 bits per heavy atom. The number of alkyl halides is 3. The van der Waals surface area contributed by atoms with E-state index in [0.717, 1.165) is 11.8 Å². The lowest BCUT2D eigenvalue weighted by Crippen LogP contribution is -2.32. The molecule has 1 N–H and O–H groups in total. The van der Waals surface area contributed by atoms with Gasteiger partial charge in [-0.15, -0.1) is 0 Å². The molecule has 0 bridgehead atoms. The van der Waals surface area contributed by atoms with Gasteiger partial charge in [0.1, 0.15) is 5.72 Å². The van der Waals surface area contributed by atoms with E-state index >= 15 is 0 Å². The average molecular weight is 342 g/mol. The minimum absolute atomic E-state index is 0.274. The third-order valence-electron chi connectivity index (χ3n) is 3.67. The van der Waals surface area contributed by atoms with Crippen molar-refractivity contribution in [1.82, 2.24) is 4.57 Å². The molecule has 3 nitrogen and oxygen atoms in total. The molecule has 0 fully saturated rings. The zero-order valence-corrected chi connectivity index (χ0v) is 13.8. The summed E-state index contributed by atoms with van der Waals surface area (Å²) in [6.45, 7) is 5.26. The minimum atomic E-state index is -4.62. The van der Waals surface area contributed by atoms with E-state index < -0.39 is 23.0 Å². The maximum absolute atomic E-state index is 13.2. The van der Waals surface area contributed by atoms with Crippen LogP contribution in [0.2, 0.25) is 0 Å². The standard InChI is InChI=1S/C16H17F3N2OS/c1-4-23-9-15(3,22)21-8-10(2)12-5-11(7-20)13(6-14(12)21)16(17,18)19/h5-6,8,22H,4,9H2,1-3H3. The molecule has 0 aliphatic carbocycles. The summed E-state index contributed by atoms with van der Waals surface area (Å²) < 4.78 is 41.0. The first kappa shape index (κ1) is 17.7. The number of benzene rings is 1. The highest BCUT2D eigenvalue weighted by molar-refractivity contribution is 7.99. The third-order valence-corrected chi connectivity index (χ3v) is 4.83. The van der Waals surface area contributed by atoms with E-state index in [1.807, 2.05) is 6.92 Å². The normalized spacial score (nSPS) is 14.7. The number of nitriles is 1. The predicted molar refractivity (Wildman–Crippen MR) is 85.3 cm³/mol. The van der Waals surface area contributed by atoms with E-state index in [9.17, 15) is 18.3 Å². The molecule has 7 heteroatoms. The smallest absolute Gasteiger partial charge is 0.370 e. The lowest BCUT2D eigenvalue weighted by Gasteiger charge is -2.26. The fourth-order valence-electron chi connectivity index (χ4n) is 2.53. The van der Waals surface area contributed by atoms with Gasteiger partial charge in [0.15, 0.2) is 0 Å². The number of hydrogen-bond acceptors (Lipinski definition) is 3. The minimum Gasteiger partial charge on any atom is -0.370 e. The monoisotopic (exact) mass is 342 g/mol. The quantitative estimate of drug-likeness (QED) is 0.903. The number of hydrogen-bond donors (Lipinski definition) is 1. The van der Waals surface area contributed by atoms with Crippen LogP contribution in [0.4, 0.5) is 13.2 Å². The van der Waals surface area contributed by atoms with Gasteiger partial charge in [-0.2, -0.15) is 30.2 Å². The van der Waals surface area contributed by atoms with Crippen LogP contribution in [0.25, 0.3) is 10.9 Å². The largest absolute Gasteiger partial charge is 0.417 e. The number of aryl methyl sites for hydroxylation is 1. The highest BCUT2D eigenvalue weighted by Crippen LogP contribution is 2.37. The molecule has 0 radical (unpaired) electrons. The van der Waals surface area contributed by atoms with E-state index in [1.54, 1.807) is 26.1 Å². The van der Waals surface area contributed by atoms with Crippen LogP contribution in [0.1, 0.15) is 30.5 Å². The summed E-state index contributed by atoms with van der Waals surface area (Å²) in [6, 6.07) is 3.80. The van der Waals surface area contributed by atoms with Crippen LogP contribution in [0.15, 0.2) is 18.3 Å².